The molecule has 0 heterocycles. The Kier molecular flexibility index (Phi) is 7.57. The van der Waals surface area contributed by atoms with Gasteiger partial charge in [-0.1, -0.05) is 0 Å². The van der Waals surface area contributed by atoms with Gasteiger partial charge in [0.15, 0.2) is 0 Å². The molecule has 0 saturated heterocycles. The summed E-state index contributed by atoms with van der Waals surface area (Å²) in [6.45, 7) is 1.12. The van der Waals surface area contributed by atoms with Crippen LogP contribution in [0.5, 0.6) is 0 Å². The van der Waals surface area contributed by atoms with E-state index in [4.69, 9.17) is 0 Å². The van der Waals surface area contributed by atoms with Crippen molar-refractivity contribution in [3.05, 3.63) is 11.6 Å². The van der Waals surface area contributed by atoms with Crippen LogP contribution >= 0.6 is 0 Å². The molecule has 0 radical (unpaired) electrons. The van der Waals surface area contributed by atoms with Crippen molar-refractivity contribution in [1.29, 1.82) is 0 Å². The number of carboxylic acid groups (broad SMARTS) is 2. The third kappa shape index (κ3) is 6.28. The summed E-state index contributed by atoms with van der Waals surface area (Å²) in [5.74, 6) is -3.03. The van der Waals surface area contributed by atoms with Crippen LogP contribution in [-0.4, -0.2) is 57.4 Å². The van der Waals surface area contributed by atoms with Crippen LogP contribution in [0.25, 0.3) is 0 Å². The standard InChI is InChI=1S/C5H6O4.Sr/c1-3(5(8)9)2-4(6)7;/h2H,1H3,(H,6,7)(H,8,9);/q;+2/p-2/b3-2-;. The van der Waals surface area contributed by atoms with Gasteiger partial charge in [0.05, 0.1) is 11.9 Å². The normalized spacial score (nSPS) is 9.90. The van der Waals surface area contributed by atoms with Crippen LogP contribution in [0.1, 0.15) is 6.92 Å². The molecule has 0 aromatic heterocycles. The maximum Gasteiger partial charge on any atom is 2.00 e. The molecule has 4 nitrogen and oxygen atoms in total. The van der Waals surface area contributed by atoms with E-state index in [1.807, 2.05) is 0 Å². The van der Waals surface area contributed by atoms with Crippen molar-refractivity contribution in [2.75, 3.05) is 0 Å². The second-order valence-electron chi connectivity index (χ2n) is 1.43. The first-order valence-corrected chi connectivity index (χ1v) is 2.14. The molecule has 0 aliphatic heterocycles. The zero-order chi connectivity index (χ0) is 7.44. The Bertz CT molecular complexity index is 172. The van der Waals surface area contributed by atoms with Crippen LogP contribution in [-0.2, 0) is 9.59 Å². The zero-order valence-corrected chi connectivity index (χ0v) is 8.89. The van der Waals surface area contributed by atoms with Gasteiger partial charge in [0.25, 0.3) is 0 Å². The molecule has 0 aromatic carbocycles. The minimum atomic E-state index is -1.53. The molecule has 0 spiro atoms. The van der Waals surface area contributed by atoms with Crippen molar-refractivity contribution in [1.82, 2.24) is 0 Å². The van der Waals surface area contributed by atoms with Gasteiger partial charge in [-0.15, -0.1) is 0 Å². The van der Waals surface area contributed by atoms with Gasteiger partial charge < -0.3 is 19.8 Å². The number of rotatable bonds is 2. The number of hydrogen-bond acceptors (Lipinski definition) is 4. The van der Waals surface area contributed by atoms with E-state index < -0.39 is 11.9 Å². The van der Waals surface area contributed by atoms with Crippen molar-refractivity contribution in [3.63, 3.8) is 0 Å². The summed E-state index contributed by atoms with van der Waals surface area (Å²) in [5, 5.41) is 19.4. The van der Waals surface area contributed by atoms with Crippen molar-refractivity contribution in [3.8, 4) is 0 Å². The zero-order valence-electron chi connectivity index (χ0n) is 5.42. The fourth-order valence-electron chi connectivity index (χ4n) is 0.236. The molecular weight excluding hydrogens is 212 g/mol. The van der Waals surface area contributed by atoms with Crippen molar-refractivity contribution >= 4 is 57.4 Å². The molecular formula is C5H4O4Sr. The maximum absolute atomic E-state index is 9.76. The summed E-state index contributed by atoms with van der Waals surface area (Å²) in [7, 11) is 0. The molecule has 0 saturated carbocycles. The number of carboxylic acids is 2. The molecule has 0 rings (SSSR count). The van der Waals surface area contributed by atoms with Gasteiger partial charge in [-0.25, -0.2) is 0 Å². The van der Waals surface area contributed by atoms with E-state index in [0.717, 1.165) is 6.92 Å². The molecule has 0 aliphatic rings. The largest absolute Gasteiger partial charge is 2.00 e. The second kappa shape index (κ2) is 5.91. The molecule has 0 amide bonds. The van der Waals surface area contributed by atoms with Gasteiger partial charge in [0.1, 0.15) is 0 Å². The first-order chi connectivity index (χ1) is 4.04. The van der Waals surface area contributed by atoms with Crippen LogP contribution < -0.4 is 10.2 Å². The van der Waals surface area contributed by atoms with E-state index in [2.05, 4.69) is 0 Å². The number of carbonyl (C=O) groups is 2. The average molecular weight is 216 g/mol. The molecule has 10 heavy (non-hydrogen) atoms. The van der Waals surface area contributed by atoms with Crippen molar-refractivity contribution in [2.24, 2.45) is 0 Å². The first kappa shape index (κ1) is 12.8. The van der Waals surface area contributed by atoms with Crippen LogP contribution in [0.15, 0.2) is 11.6 Å². The van der Waals surface area contributed by atoms with E-state index in [1.54, 1.807) is 0 Å². The molecule has 0 unspecified atom stereocenters. The quantitative estimate of drug-likeness (QED) is 0.365. The Labute approximate surface area is 94.8 Å². The molecule has 0 N–H and O–H groups in total. The van der Waals surface area contributed by atoms with Gasteiger partial charge in [-0.05, 0) is 18.6 Å². The maximum atomic E-state index is 9.76. The Morgan fingerprint density at radius 3 is 1.80 bits per heavy atom. The minimum absolute atomic E-state index is 0. The van der Waals surface area contributed by atoms with Crippen LogP contribution in [0.4, 0.5) is 0 Å². The first-order valence-electron chi connectivity index (χ1n) is 2.14. The van der Waals surface area contributed by atoms with E-state index in [1.165, 1.54) is 0 Å². The van der Waals surface area contributed by atoms with E-state index in [9.17, 15) is 19.8 Å². The molecule has 5 heteroatoms. The van der Waals surface area contributed by atoms with Crippen molar-refractivity contribution < 1.29 is 19.8 Å². The second-order valence-corrected chi connectivity index (χ2v) is 1.43. The van der Waals surface area contributed by atoms with E-state index in [-0.39, 0.29) is 51.1 Å². The number of carbonyl (C=O) groups excluding carboxylic acids is 2. The van der Waals surface area contributed by atoms with Gasteiger partial charge in [-0.3, -0.25) is 0 Å². The number of hydrogen-bond donors (Lipinski definition) is 0. The summed E-state index contributed by atoms with van der Waals surface area (Å²) in [6.07, 6.45) is 0.468. The minimum Gasteiger partial charge on any atom is -0.545 e. The molecule has 0 aliphatic carbocycles. The average Bonchev–Trinajstić information content (AvgIpc) is 1.63. The Balaban J connectivity index is 0. The smallest absolute Gasteiger partial charge is 0.545 e. The van der Waals surface area contributed by atoms with Crippen LogP contribution in [0, 0.1) is 0 Å². The van der Waals surface area contributed by atoms with E-state index >= 15 is 0 Å². The van der Waals surface area contributed by atoms with Crippen LogP contribution in [0.3, 0.4) is 0 Å². The summed E-state index contributed by atoms with van der Waals surface area (Å²) in [6, 6.07) is 0. The van der Waals surface area contributed by atoms with Gasteiger partial charge in [0, 0.05) is 0 Å². The van der Waals surface area contributed by atoms with Gasteiger partial charge in [-0.2, -0.15) is 0 Å². The topological polar surface area (TPSA) is 80.3 Å². The molecule has 0 atom stereocenters. The molecule has 0 fully saturated rings. The monoisotopic (exact) mass is 216 g/mol. The Morgan fingerprint density at radius 1 is 1.30 bits per heavy atom. The fourth-order valence-corrected chi connectivity index (χ4v) is 0.236. The predicted molar refractivity (Wildman–Crippen MR) is 29.5 cm³/mol. The predicted octanol–water partition coefficient (Wildman–Crippen LogP) is -2.95. The summed E-state index contributed by atoms with van der Waals surface area (Å²) < 4.78 is 0. The third-order valence-electron chi connectivity index (χ3n) is 0.656. The summed E-state index contributed by atoms with van der Waals surface area (Å²) >= 11 is 0. The van der Waals surface area contributed by atoms with E-state index in [0.29, 0.717) is 6.08 Å². The summed E-state index contributed by atoms with van der Waals surface area (Å²) in [5.41, 5.74) is -0.352. The van der Waals surface area contributed by atoms with Crippen LogP contribution in [0.2, 0.25) is 0 Å². The Hall–Kier alpha value is 0.161. The molecule has 50 valence electrons. The van der Waals surface area contributed by atoms with Crippen molar-refractivity contribution in [2.45, 2.75) is 6.92 Å². The number of aliphatic carboxylic acids is 2. The van der Waals surface area contributed by atoms with Gasteiger partial charge in [0.2, 0.25) is 0 Å². The molecule has 0 bridgehead atoms. The SMILES string of the molecule is C/C(=C/C(=O)[O-])C(=O)[O-].[Sr+2]. The molecule has 0 aromatic rings. The van der Waals surface area contributed by atoms with Gasteiger partial charge >= 0.3 is 45.5 Å². The third-order valence-corrected chi connectivity index (χ3v) is 0.656. The summed E-state index contributed by atoms with van der Waals surface area (Å²) in [4.78, 5) is 19.4. The fraction of sp³-hybridized carbons (Fsp3) is 0.200. The Morgan fingerprint density at radius 2 is 1.70 bits per heavy atom.